The van der Waals surface area contributed by atoms with Gasteiger partial charge in [0.25, 0.3) is 0 Å². The normalized spacial score (nSPS) is 17.1. The van der Waals surface area contributed by atoms with Crippen molar-refractivity contribution in [3.05, 3.63) is 28.2 Å². The van der Waals surface area contributed by atoms with E-state index in [0.717, 1.165) is 55.6 Å². The molecule has 0 aliphatic carbocycles. The third-order valence-electron chi connectivity index (χ3n) is 4.95. The number of benzene rings is 1. The van der Waals surface area contributed by atoms with Crippen LogP contribution in [0.4, 0.5) is 4.79 Å². The van der Waals surface area contributed by atoms with E-state index >= 15 is 0 Å². The first-order chi connectivity index (χ1) is 12.1. The van der Waals surface area contributed by atoms with Crippen molar-refractivity contribution in [3.8, 4) is 5.75 Å². The molecule has 1 aliphatic rings. The fourth-order valence-corrected chi connectivity index (χ4v) is 3.45. The molecule has 4 nitrogen and oxygen atoms in total. The second kappa shape index (κ2) is 8.64. The largest absolute Gasteiger partial charge is 0.494 e. The number of rotatable bonds is 5. The predicted octanol–water partition coefficient (Wildman–Crippen LogP) is 5.95. The van der Waals surface area contributed by atoms with Crippen LogP contribution in [0, 0.1) is 12.3 Å². The van der Waals surface area contributed by atoms with Gasteiger partial charge in [0, 0.05) is 17.6 Å². The highest BCUT2D eigenvalue weighted by molar-refractivity contribution is 9.10. The highest BCUT2D eigenvalue weighted by Crippen LogP contribution is 2.36. The molecule has 0 saturated carbocycles. The third kappa shape index (κ3) is 6.49. The molecule has 1 aromatic rings. The van der Waals surface area contributed by atoms with Crippen LogP contribution in [0.1, 0.15) is 58.9 Å². The molecule has 0 bridgehead atoms. The van der Waals surface area contributed by atoms with Crippen LogP contribution in [0.2, 0.25) is 0 Å². The van der Waals surface area contributed by atoms with Gasteiger partial charge in [0.05, 0.1) is 6.61 Å². The molecule has 2 rings (SSSR count). The Morgan fingerprint density at radius 2 is 1.92 bits per heavy atom. The molecule has 1 aromatic carbocycles. The van der Waals surface area contributed by atoms with Gasteiger partial charge >= 0.3 is 6.09 Å². The van der Waals surface area contributed by atoms with E-state index in [2.05, 4.69) is 35.8 Å². The molecule has 5 heteroatoms. The molecular weight excluding hydrogens is 394 g/mol. The van der Waals surface area contributed by atoms with Crippen molar-refractivity contribution in [2.45, 2.75) is 65.9 Å². The average molecular weight is 426 g/mol. The number of carbonyl (C=O) groups is 1. The van der Waals surface area contributed by atoms with E-state index in [1.54, 1.807) is 0 Å². The van der Waals surface area contributed by atoms with Gasteiger partial charge < -0.3 is 14.4 Å². The lowest BCUT2D eigenvalue weighted by Gasteiger charge is -2.39. The summed E-state index contributed by atoms with van der Waals surface area (Å²) >= 11 is 3.51. The summed E-state index contributed by atoms with van der Waals surface area (Å²) in [5.41, 5.74) is 1.03. The fraction of sp³-hybridized carbons (Fsp3) is 0.667. The standard InChI is InChI=1S/C21H32BrNO3/c1-16-15-17(7-8-18(16)22)25-14-6-9-21(5)10-12-23(13-11-21)19(24)26-20(2,3)4/h7-8,15H,6,9-14H2,1-5H3. The van der Waals surface area contributed by atoms with E-state index < -0.39 is 5.60 Å². The van der Waals surface area contributed by atoms with E-state index in [1.807, 2.05) is 37.8 Å². The fourth-order valence-electron chi connectivity index (χ4n) is 3.20. The zero-order valence-electron chi connectivity index (χ0n) is 16.7. The monoisotopic (exact) mass is 425 g/mol. The molecule has 1 fully saturated rings. The number of nitrogens with zero attached hydrogens (tertiary/aromatic N) is 1. The molecule has 0 N–H and O–H groups in total. The Balaban J connectivity index is 1.72. The highest BCUT2D eigenvalue weighted by atomic mass is 79.9. The van der Waals surface area contributed by atoms with Crippen LogP contribution in [-0.4, -0.2) is 36.3 Å². The highest BCUT2D eigenvalue weighted by Gasteiger charge is 2.33. The molecule has 0 aromatic heterocycles. The molecular formula is C21H32BrNO3. The third-order valence-corrected chi connectivity index (χ3v) is 5.83. The lowest BCUT2D eigenvalue weighted by molar-refractivity contribution is 0.0105. The Morgan fingerprint density at radius 1 is 1.27 bits per heavy atom. The summed E-state index contributed by atoms with van der Waals surface area (Å²) in [5.74, 6) is 0.926. The van der Waals surface area contributed by atoms with Gasteiger partial charge in [0.15, 0.2) is 0 Å². The van der Waals surface area contributed by atoms with Gasteiger partial charge in [-0.15, -0.1) is 0 Å². The summed E-state index contributed by atoms with van der Waals surface area (Å²) in [6.45, 7) is 12.4. The maximum atomic E-state index is 12.2. The van der Waals surface area contributed by atoms with Crippen molar-refractivity contribution in [1.29, 1.82) is 0 Å². The molecule has 1 amide bonds. The topological polar surface area (TPSA) is 38.8 Å². The Bertz CT molecular complexity index is 616. The van der Waals surface area contributed by atoms with Crippen molar-refractivity contribution in [3.63, 3.8) is 0 Å². The summed E-state index contributed by atoms with van der Waals surface area (Å²) in [6.07, 6.45) is 3.99. The molecule has 0 radical (unpaired) electrons. The van der Waals surface area contributed by atoms with E-state index in [-0.39, 0.29) is 11.5 Å². The Hall–Kier alpha value is -1.23. The van der Waals surface area contributed by atoms with Crippen molar-refractivity contribution >= 4 is 22.0 Å². The van der Waals surface area contributed by atoms with Crippen molar-refractivity contribution in [2.75, 3.05) is 19.7 Å². The second-order valence-electron chi connectivity index (χ2n) is 8.64. The van der Waals surface area contributed by atoms with Crippen LogP contribution in [0.5, 0.6) is 5.75 Å². The van der Waals surface area contributed by atoms with E-state index in [0.29, 0.717) is 0 Å². The number of carbonyl (C=O) groups excluding carboxylic acids is 1. The van der Waals surface area contributed by atoms with Gasteiger partial charge in [0.1, 0.15) is 11.4 Å². The quantitative estimate of drug-likeness (QED) is 0.546. The molecule has 0 unspecified atom stereocenters. The molecule has 1 aliphatic heterocycles. The molecule has 1 saturated heterocycles. The number of ether oxygens (including phenoxy) is 2. The summed E-state index contributed by atoms with van der Waals surface area (Å²) in [6, 6.07) is 6.08. The number of piperidine rings is 1. The number of aryl methyl sites for hydroxylation is 1. The number of likely N-dealkylation sites (tertiary alicyclic amines) is 1. The van der Waals surface area contributed by atoms with E-state index in [1.165, 1.54) is 5.56 Å². The summed E-state index contributed by atoms with van der Waals surface area (Å²) in [5, 5.41) is 0. The van der Waals surface area contributed by atoms with Gasteiger partial charge in [-0.25, -0.2) is 4.79 Å². The smallest absolute Gasteiger partial charge is 0.410 e. The van der Waals surface area contributed by atoms with Gasteiger partial charge in [-0.1, -0.05) is 22.9 Å². The van der Waals surface area contributed by atoms with Crippen LogP contribution in [0.15, 0.2) is 22.7 Å². The van der Waals surface area contributed by atoms with Crippen LogP contribution in [0.3, 0.4) is 0 Å². The maximum absolute atomic E-state index is 12.2. The first-order valence-corrected chi connectivity index (χ1v) is 10.2. The van der Waals surface area contributed by atoms with Crippen LogP contribution in [-0.2, 0) is 4.74 Å². The minimum absolute atomic E-state index is 0.187. The van der Waals surface area contributed by atoms with Crippen LogP contribution >= 0.6 is 15.9 Å². The number of amides is 1. The lowest BCUT2D eigenvalue weighted by atomic mass is 9.77. The lowest BCUT2D eigenvalue weighted by Crippen LogP contribution is -2.44. The molecule has 0 atom stereocenters. The van der Waals surface area contributed by atoms with Crippen LogP contribution < -0.4 is 4.74 Å². The number of halogens is 1. The van der Waals surface area contributed by atoms with Crippen molar-refractivity contribution in [1.82, 2.24) is 4.90 Å². The molecule has 26 heavy (non-hydrogen) atoms. The average Bonchev–Trinajstić information content (AvgIpc) is 2.54. The van der Waals surface area contributed by atoms with Crippen molar-refractivity contribution in [2.24, 2.45) is 5.41 Å². The van der Waals surface area contributed by atoms with Gasteiger partial charge in [-0.05, 0) is 82.6 Å². The predicted molar refractivity (Wildman–Crippen MR) is 109 cm³/mol. The molecule has 1 heterocycles. The Kier molecular flexibility index (Phi) is 7.00. The number of hydrogen-bond acceptors (Lipinski definition) is 3. The Morgan fingerprint density at radius 3 is 2.50 bits per heavy atom. The van der Waals surface area contributed by atoms with E-state index in [9.17, 15) is 4.79 Å². The number of hydrogen-bond donors (Lipinski definition) is 0. The van der Waals surface area contributed by atoms with Gasteiger partial charge in [-0.2, -0.15) is 0 Å². The van der Waals surface area contributed by atoms with Gasteiger partial charge in [0.2, 0.25) is 0 Å². The minimum atomic E-state index is -0.430. The van der Waals surface area contributed by atoms with E-state index in [4.69, 9.17) is 9.47 Å². The SMILES string of the molecule is Cc1cc(OCCCC2(C)CCN(C(=O)OC(C)(C)C)CC2)ccc1Br. The zero-order valence-corrected chi connectivity index (χ0v) is 18.3. The van der Waals surface area contributed by atoms with Gasteiger partial charge in [-0.3, -0.25) is 0 Å². The minimum Gasteiger partial charge on any atom is -0.494 e. The molecule has 146 valence electrons. The van der Waals surface area contributed by atoms with Crippen LogP contribution in [0.25, 0.3) is 0 Å². The maximum Gasteiger partial charge on any atom is 0.410 e. The zero-order chi connectivity index (χ0) is 19.4. The first-order valence-electron chi connectivity index (χ1n) is 9.45. The second-order valence-corrected chi connectivity index (χ2v) is 9.50. The Labute approximate surface area is 166 Å². The summed E-state index contributed by atoms with van der Waals surface area (Å²) in [4.78, 5) is 14.0. The summed E-state index contributed by atoms with van der Waals surface area (Å²) in [7, 11) is 0. The van der Waals surface area contributed by atoms with Crippen molar-refractivity contribution < 1.29 is 14.3 Å². The summed E-state index contributed by atoms with van der Waals surface area (Å²) < 4.78 is 12.5. The first kappa shape index (κ1) is 21.1. The molecule has 0 spiro atoms.